The molecule has 1 aliphatic carbocycles. The minimum atomic E-state index is -0.766. The maximum absolute atomic E-state index is 14.6. The van der Waals surface area contributed by atoms with Crippen molar-refractivity contribution >= 4 is 28.9 Å². The van der Waals surface area contributed by atoms with E-state index in [0.717, 1.165) is 0 Å². The highest BCUT2D eigenvalue weighted by Gasteiger charge is 2.60. The van der Waals surface area contributed by atoms with Crippen molar-refractivity contribution in [3.8, 4) is 6.07 Å². The molecule has 2 heterocycles. The zero-order chi connectivity index (χ0) is 19.1. The summed E-state index contributed by atoms with van der Waals surface area (Å²) in [7, 11) is 0. The quantitative estimate of drug-likeness (QED) is 0.761. The number of halogens is 1. The van der Waals surface area contributed by atoms with Crippen LogP contribution in [0.1, 0.15) is 17.9 Å². The van der Waals surface area contributed by atoms with Crippen LogP contribution in [0, 0.1) is 29.0 Å². The Morgan fingerprint density at radius 2 is 2.19 bits per heavy atom. The Balaban J connectivity index is 1.39. The summed E-state index contributed by atoms with van der Waals surface area (Å²) >= 11 is -0.766. The van der Waals surface area contributed by atoms with E-state index in [1.165, 1.54) is 11.0 Å². The SMILES string of the molecule is N#CCC(=O)NC[C@H]1CN(c2ccc(C3[C@H]4C[S+]([O-])C[C@@H]34)c(F)c2)C(=O)O1. The van der Waals surface area contributed by atoms with Crippen molar-refractivity contribution < 1.29 is 23.3 Å². The van der Waals surface area contributed by atoms with Crippen LogP contribution in [0.15, 0.2) is 18.2 Å². The number of carbonyl (C=O) groups excluding carboxylic acids is 2. The first-order valence-electron chi connectivity index (χ1n) is 8.74. The number of hydrogen-bond acceptors (Lipinski definition) is 5. The van der Waals surface area contributed by atoms with E-state index in [-0.39, 0.29) is 31.2 Å². The molecule has 0 radical (unpaired) electrons. The monoisotopic (exact) mass is 391 g/mol. The van der Waals surface area contributed by atoms with E-state index in [0.29, 0.717) is 34.6 Å². The van der Waals surface area contributed by atoms with Gasteiger partial charge < -0.3 is 14.6 Å². The molecule has 2 unspecified atom stereocenters. The number of rotatable bonds is 5. The number of cyclic esters (lactones) is 1. The second-order valence-electron chi connectivity index (χ2n) is 7.09. The molecule has 1 saturated carbocycles. The number of amides is 2. The Labute approximate surface area is 158 Å². The van der Waals surface area contributed by atoms with Gasteiger partial charge in [-0.05, 0) is 17.7 Å². The Morgan fingerprint density at radius 1 is 1.44 bits per heavy atom. The van der Waals surface area contributed by atoms with Crippen LogP contribution in [-0.2, 0) is 20.7 Å². The van der Waals surface area contributed by atoms with Gasteiger partial charge in [-0.25, -0.2) is 9.18 Å². The average Bonchev–Trinajstić information content (AvgIpc) is 2.95. The number of nitriles is 1. The molecule has 3 fully saturated rings. The summed E-state index contributed by atoms with van der Waals surface area (Å²) in [6.45, 7) is 0.296. The molecule has 2 saturated heterocycles. The number of anilines is 1. The van der Waals surface area contributed by atoms with E-state index in [1.807, 2.05) is 0 Å². The highest BCUT2D eigenvalue weighted by Crippen LogP contribution is 2.59. The van der Waals surface area contributed by atoms with E-state index in [1.54, 1.807) is 18.2 Å². The summed E-state index contributed by atoms with van der Waals surface area (Å²) in [4.78, 5) is 24.7. The van der Waals surface area contributed by atoms with Gasteiger partial charge in [0.15, 0.2) is 0 Å². The summed E-state index contributed by atoms with van der Waals surface area (Å²) in [5.41, 5.74) is 1.03. The first-order chi connectivity index (χ1) is 13.0. The summed E-state index contributed by atoms with van der Waals surface area (Å²) in [6, 6.07) is 6.47. The van der Waals surface area contributed by atoms with Gasteiger partial charge in [0.1, 0.15) is 29.8 Å². The zero-order valence-electron chi connectivity index (χ0n) is 14.4. The average molecular weight is 391 g/mol. The molecule has 0 aromatic heterocycles. The van der Waals surface area contributed by atoms with Gasteiger partial charge in [0.05, 0.1) is 24.8 Å². The normalized spacial score (nSPS) is 31.2. The predicted octanol–water partition coefficient (Wildman–Crippen LogP) is 1.27. The van der Waals surface area contributed by atoms with Crippen molar-refractivity contribution in [3.05, 3.63) is 29.6 Å². The molecule has 0 spiro atoms. The van der Waals surface area contributed by atoms with Crippen LogP contribution in [0.3, 0.4) is 0 Å². The third kappa shape index (κ3) is 3.47. The summed E-state index contributed by atoms with van der Waals surface area (Å²) in [5.74, 6) is 1.25. The molecule has 2 aliphatic heterocycles. The molecule has 1 aromatic carbocycles. The second kappa shape index (κ2) is 7.02. The van der Waals surface area contributed by atoms with Crippen molar-refractivity contribution in [2.45, 2.75) is 18.4 Å². The minimum Gasteiger partial charge on any atom is -0.616 e. The predicted molar refractivity (Wildman–Crippen MR) is 94.9 cm³/mol. The largest absolute Gasteiger partial charge is 0.616 e. The Morgan fingerprint density at radius 3 is 2.85 bits per heavy atom. The third-order valence-electron chi connectivity index (χ3n) is 5.38. The maximum atomic E-state index is 14.6. The van der Waals surface area contributed by atoms with Crippen LogP contribution in [0.25, 0.3) is 0 Å². The second-order valence-corrected chi connectivity index (χ2v) is 8.63. The number of carbonyl (C=O) groups is 2. The van der Waals surface area contributed by atoms with Crippen molar-refractivity contribution in [2.24, 2.45) is 11.8 Å². The van der Waals surface area contributed by atoms with Gasteiger partial charge in [0.25, 0.3) is 0 Å². The Hall–Kier alpha value is -2.31. The molecule has 142 valence electrons. The van der Waals surface area contributed by atoms with Crippen molar-refractivity contribution in [2.75, 3.05) is 29.5 Å². The van der Waals surface area contributed by atoms with E-state index < -0.39 is 29.3 Å². The van der Waals surface area contributed by atoms with Crippen LogP contribution in [-0.4, -0.2) is 47.3 Å². The smallest absolute Gasteiger partial charge is 0.414 e. The van der Waals surface area contributed by atoms with E-state index in [4.69, 9.17) is 10.00 Å². The molecule has 5 atom stereocenters. The third-order valence-corrected chi connectivity index (χ3v) is 6.90. The molecule has 27 heavy (non-hydrogen) atoms. The minimum absolute atomic E-state index is 0.103. The molecule has 3 aliphatic rings. The summed E-state index contributed by atoms with van der Waals surface area (Å²) < 4.78 is 31.3. The van der Waals surface area contributed by atoms with E-state index in [2.05, 4.69) is 5.32 Å². The van der Waals surface area contributed by atoms with Crippen LogP contribution in [0.5, 0.6) is 0 Å². The molecule has 2 amide bonds. The van der Waals surface area contributed by atoms with Crippen molar-refractivity contribution in [1.29, 1.82) is 5.26 Å². The highest BCUT2D eigenvalue weighted by molar-refractivity contribution is 7.91. The number of fused-ring (bicyclic) bond motifs is 1. The van der Waals surface area contributed by atoms with Gasteiger partial charge >= 0.3 is 6.09 Å². The molecule has 1 N–H and O–H groups in total. The highest BCUT2D eigenvalue weighted by atomic mass is 32.2. The lowest BCUT2D eigenvalue weighted by molar-refractivity contribution is -0.120. The number of nitrogens with zero attached hydrogens (tertiary/aromatic N) is 2. The number of benzene rings is 1. The summed E-state index contributed by atoms with van der Waals surface area (Å²) in [6.07, 6.45) is -1.41. The summed E-state index contributed by atoms with van der Waals surface area (Å²) in [5, 5.41) is 11.0. The zero-order valence-corrected chi connectivity index (χ0v) is 15.2. The van der Waals surface area contributed by atoms with Gasteiger partial charge in [-0.2, -0.15) is 5.26 Å². The molecule has 4 rings (SSSR count). The fourth-order valence-electron chi connectivity index (χ4n) is 4.01. The fraction of sp³-hybridized carbons (Fsp3) is 0.500. The lowest BCUT2D eigenvalue weighted by Crippen LogP contribution is -2.34. The number of ether oxygens (including phenoxy) is 1. The maximum Gasteiger partial charge on any atom is 0.414 e. The molecular weight excluding hydrogens is 373 g/mol. The first-order valence-corrected chi connectivity index (χ1v) is 10.2. The van der Waals surface area contributed by atoms with E-state index in [9.17, 15) is 18.5 Å². The van der Waals surface area contributed by atoms with Crippen LogP contribution < -0.4 is 10.2 Å². The fourth-order valence-corrected chi connectivity index (χ4v) is 5.92. The lowest BCUT2D eigenvalue weighted by Gasteiger charge is -2.15. The van der Waals surface area contributed by atoms with Crippen molar-refractivity contribution in [1.82, 2.24) is 5.32 Å². The van der Waals surface area contributed by atoms with Gasteiger partial charge in [-0.3, -0.25) is 9.69 Å². The van der Waals surface area contributed by atoms with Gasteiger partial charge in [-0.15, -0.1) is 0 Å². The van der Waals surface area contributed by atoms with Crippen LogP contribution in [0.2, 0.25) is 0 Å². The first kappa shape index (κ1) is 18.1. The Kier molecular flexibility index (Phi) is 4.70. The standard InChI is InChI=1S/C18H18FN3O4S/c19-15-5-10(1-2-12(15)17-13-8-27(25)9-14(13)17)22-7-11(26-18(22)24)6-21-16(23)3-4-20/h1-2,5,11,13-14,17H,3,6-9H2,(H,21,23)/t11-,13-,14+,17?,27?/m0/s1. The van der Waals surface area contributed by atoms with Crippen LogP contribution >= 0.6 is 0 Å². The van der Waals surface area contributed by atoms with E-state index >= 15 is 0 Å². The molecule has 0 bridgehead atoms. The topological polar surface area (TPSA) is 105 Å². The lowest BCUT2D eigenvalue weighted by atomic mass is 10.1. The molecule has 7 nitrogen and oxygen atoms in total. The Bertz CT molecular complexity index is 817. The number of nitrogens with one attached hydrogen (secondary N) is 1. The molecule has 9 heteroatoms. The number of hydrogen-bond donors (Lipinski definition) is 1. The molecule has 1 aromatic rings. The van der Waals surface area contributed by atoms with Gasteiger partial charge in [-0.1, -0.05) is 17.2 Å². The van der Waals surface area contributed by atoms with Crippen molar-refractivity contribution in [3.63, 3.8) is 0 Å². The molecular formula is C18H18FN3O4S. The van der Waals surface area contributed by atoms with Gasteiger partial charge in [0, 0.05) is 17.8 Å². The van der Waals surface area contributed by atoms with Crippen LogP contribution in [0.4, 0.5) is 14.9 Å². The van der Waals surface area contributed by atoms with Gasteiger partial charge in [0.2, 0.25) is 5.91 Å².